The average molecular weight is 502 g/mol. The lowest BCUT2D eigenvalue weighted by molar-refractivity contribution is -0.122. The molecule has 1 fully saturated rings. The minimum Gasteiger partial charge on any atom is -0.472 e. The van der Waals surface area contributed by atoms with E-state index in [0.717, 1.165) is 37.1 Å². The van der Waals surface area contributed by atoms with Crippen molar-refractivity contribution in [3.63, 3.8) is 0 Å². The standard InChI is InChI=1S/C27H27N5O5/c33-24(30-20-6-3-4-11-28-25(20)34)19-14-29-27(32-12-10-18-5-1-2-7-21(18)32)31-26(19)35-15-17-8-9-22-23(13-17)37-16-36-22/h1-2,5,7-9,13-14,20H,3-4,6,10-12,15-16H2,(H,28,34)(H,30,33). The second-order valence-electron chi connectivity index (χ2n) is 9.21. The molecule has 3 aromatic rings. The van der Waals surface area contributed by atoms with E-state index in [2.05, 4.69) is 26.7 Å². The van der Waals surface area contributed by atoms with Crippen molar-refractivity contribution >= 4 is 23.5 Å². The third-order valence-corrected chi connectivity index (χ3v) is 6.77. The van der Waals surface area contributed by atoms with Crippen LogP contribution >= 0.6 is 0 Å². The summed E-state index contributed by atoms with van der Waals surface area (Å²) in [7, 11) is 0. The number of fused-ring (bicyclic) bond motifs is 2. The zero-order valence-corrected chi connectivity index (χ0v) is 20.2. The van der Waals surface area contributed by atoms with Crippen molar-refractivity contribution < 1.29 is 23.8 Å². The molecule has 0 aliphatic carbocycles. The SMILES string of the molecule is O=C(NC1CCCCNC1=O)c1cnc(N2CCc3ccccc32)nc1OCc1ccc2c(c1)OCO2. The van der Waals surface area contributed by atoms with Crippen molar-refractivity contribution in [3.8, 4) is 17.4 Å². The summed E-state index contributed by atoms with van der Waals surface area (Å²) in [5.74, 6) is 1.31. The molecule has 37 heavy (non-hydrogen) atoms. The van der Waals surface area contributed by atoms with Crippen molar-refractivity contribution in [2.45, 2.75) is 38.3 Å². The third-order valence-electron chi connectivity index (χ3n) is 6.77. The maximum Gasteiger partial charge on any atom is 0.259 e. The van der Waals surface area contributed by atoms with Crippen LogP contribution in [-0.4, -0.2) is 47.7 Å². The number of para-hydroxylation sites is 1. The summed E-state index contributed by atoms with van der Waals surface area (Å²) < 4.78 is 16.9. The summed E-state index contributed by atoms with van der Waals surface area (Å²) in [4.78, 5) is 36.9. The van der Waals surface area contributed by atoms with Gasteiger partial charge < -0.3 is 29.7 Å². The van der Waals surface area contributed by atoms with E-state index in [4.69, 9.17) is 14.2 Å². The van der Waals surface area contributed by atoms with Gasteiger partial charge in [0, 0.05) is 25.0 Å². The number of nitrogens with one attached hydrogen (secondary N) is 2. The predicted octanol–water partition coefficient (Wildman–Crippen LogP) is 2.88. The Morgan fingerprint density at radius 1 is 1.16 bits per heavy atom. The highest BCUT2D eigenvalue weighted by molar-refractivity contribution is 5.99. The van der Waals surface area contributed by atoms with Crippen molar-refractivity contribution in [1.29, 1.82) is 0 Å². The van der Waals surface area contributed by atoms with Crippen LogP contribution in [0.25, 0.3) is 0 Å². The highest BCUT2D eigenvalue weighted by atomic mass is 16.7. The molecule has 3 aliphatic rings. The number of nitrogens with zero attached hydrogens (tertiary/aromatic N) is 3. The number of ether oxygens (including phenoxy) is 3. The molecule has 10 nitrogen and oxygen atoms in total. The number of benzene rings is 2. The van der Waals surface area contributed by atoms with Crippen LogP contribution in [0.5, 0.6) is 17.4 Å². The largest absolute Gasteiger partial charge is 0.472 e. The van der Waals surface area contributed by atoms with Crippen LogP contribution in [0.4, 0.5) is 11.6 Å². The normalized spacial score (nSPS) is 18.1. The predicted molar refractivity (Wildman–Crippen MR) is 134 cm³/mol. The van der Waals surface area contributed by atoms with Crippen LogP contribution in [0.3, 0.4) is 0 Å². The monoisotopic (exact) mass is 501 g/mol. The molecule has 3 aliphatic heterocycles. The fraction of sp³-hybridized carbons (Fsp3) is 0.333. The number of aromatic nitrogens is 2. The summed E-state index contributed by atoms with van der Waals surface area (Å²) in [6, 6.07) is 13.1. The number of hydrogen-bond donors (Lipinski definition) is 2. The molecular formula is C27H27N5O5. The van der Waals surface area contributed by atoms with Crippen LogP contribution in [0.1, 0.15) is 40.7 Å². The molecule has 2 aromatic carbocycles. The Morgan fingerprint density at radius 3 is 3.00 bits per heavy atom. The first-order valence-corrected chi connectivity index (χ1v) is 12.5. The first kappa shape index (κ1) is 23.1. The summed E-state index contributed by atoms with van der Waals surface area (Å²) in [5, 5.41) is 5.68. The van der Waals surface area contributed by atoms with Crippen molar-refractivity contribution in [2.75, 3.05) is 24.8 Å². The van der Waals surface area contributed by atoms with Crippen molar-refractivity contribution in [2.24, 2.45) is 0 Å². The van der Waals surface area contributed by atoms with Crippen molar-refractivity contribution in [3.05, 3.63) is 65.4 Å². The lowest BCUT2D eigenvalue weighted by atomic mass is 10.1. The zero-order valence-electron chi connectivity index (χ0n) is 20.2. The molecule has 0 bridgehead atoms. The Balaban J connectivity index is 1.28. The zero-order chi connectivity index (χ0) is 25.2. The van der Waals surface area contributed by atoms with Gasteiger partial charge in [-0.25, -0.2) is 4.98 Å². The van der Waals surface area contributed by atoms with Crippen LogP contribution in [-0.2, 0) is 17.8 Å². The van der Waals surface area contributed by atoms with Gasteiger partial charge in [0.2, 0.25) is 24.5 Å². The molecule has 1 unspecified atom stereocenters. The van der Waals surface area contributed by atoms with Gasteiger partial charge in [-0.3, -0.25) is 9.59 Å². The molecular weight excluding hydrogens is 474 g/mol. The van der Waals surface area contributed by atoms with Gasteiger partial charge in [0.1, 0.15) is 18.2 Å². The molecule has 6 rings (SSSR count). The number of anilines is 2. The third kappa shape index (κ3) is 4.74. The van der Waals surface area contributed by atoms with Gasteiger partial charge >= 0.3 is 0 Å². The molecule has 1 atom stereocenters. The number of rotatable bonds is 6. The molecule has 1 saturated heterocycles. The molecule has 2 N–H and O–H groups in total. The van der Waals surface area contributed by atoms with Gasteiger partial charge in [-0.05, 0) is 55.0 Å². The van der Waals surface area contributed by atoms with Gasteiger partial charge in [0.25, 0.3) is 5.91 Å². The minimum absolute atomic E-state index is 0.151. The highest BCUT2D eigenvalue weighted by Gasteiger charge is 2.28. The summed E-state index contributed by atoms with van der Waals surface area (Å²) in [5.41, 5.74) is 3.27. The molecule has 0 saturated carbocycles. The lowest BCUT2D eigenvalue weighted by Crippen LogP contribution is -2.45. The first-order valence-electron chi connectivity index (χ1n) is 12.5. The lowest BCUT2D eigenvalue weighted by Gasteiger charge is -2.20. The van der Waals surface area contributed by atoms with Gasteiger partial charge in [-0.2, -0.15) is 4.98 Å². The van der Waals surface area contributed by atoms with E-state index in [0.29, 0.717) is 30.4 Å². The van der Waals surface area contributed by atoms with Gasteiger partial charge in [0.05, 0.1) is 0 Å². The highest BCUT2D eigenvalue weighted by Crippen LogP contribution is 2.35. The Kier molecular flexibility index (Phi) is 6.21. The Bertz CT molecular complexity index is 1350. The second kappa shape index (κ2) is 9.96. The van der Waals surface area contributed by atoms with E-state index in [1.807, 2.05) is 41.3 Å². The number of amides is 2. The summed E-state index contributed by atoms with van der Waals surface area (Å²) in [6.07, 6.45) is 4.67. The fourth-order valence-corrected chi connectivity index (χ4v) is 4.79. The number of carbonyl (C=O) groups is 2. The molecule has 190 valence electrons. The average Bonchev–Trinajstić information content (AvgIpc) is 3.52. The van der Waals surface area contributed by atoms with E-state index in [1.54, 1.807) is 0 Å². The van der Waals surface area contributed by atoms with E-state index < -0.39 is 11.9 Å². The maximum absolute atomic E-state index is 13.3. The summed E-state index contributed by atoms with van der Waals surface area (Å²) in [6.45, 7) is 1.69. The first-order chi connectivity index (χ1) is 18.2. The van der Waals surface area contributed by atoms with Crippen LogP contribution in [0, 0.1) is 0 Å². The van der Waals surface area contributed by atoms with E-state index in [-0.39, 0.29) is 30.8 Å². The topological polar surface area (TPSA) is 115 Å². The van der Waals surface area contributed by atoms with Gasteiger partial charge in [0.15, 0.2) is 11.5 Å². The Morgan fingerprint density at radius 2 is 2.05 bits per heavy atom. The minimum atomic E-state index is -0.609. The quantitative estimate of drug-likeness (QED) is 0.530. The molecule has 4 heterocycles. The number of carbonyl (C=O) groups excluding carboxylic acids is 2. The van der Waals surface area contributed by atoms with Gasteiger partial charge in [-0.1, -0.05) is 24.3 Å². The van der Waals surface area contributed by atoms with Crippen molar-refractivity contribution in [1.82, 2.24) is 20.6 Å². The van der Waals surface area contributed by atoms with Crippen LogP contribution < -0.4 is 29.7 Å². The molecule has 0 spiro atoms. The van der Waals surface area contributed by atoms with E-state index in [9.17, 15) is 9.59 Å². The molecule has 0 radical (unpaired) electrons. The number of hydrogen-bond acceptors (Lipinski definition) is 8. The maximum atomic E-state index is 13.3. The fourth-order valence-electron chi connectivity index (χ4n) is 4.79. The second-order valence-corrected chi connectivity index (χ2v) is 9.21. The van der Waals surface area contributed by atoms with Crippen LogP contribution in [0.2, 0.25) is 0 Å². The molecule has 2 amide bonds. The van der Waals surface area contributed by atoms with Crippen LogP contribution in [0.15, 0.2) is 48.7 Å². The summed E-state index contributed by atoms with van der Waals surface area (Å²) >= 11 is 0. The Hall–Kier alpha value is -4.34. The Labute approximate surface area is 214 Å². The molecule has 1 aromatic heterocycles. The van der Waals surface area contributed by atoms with E-state index in [1.165, 1.54) is 11.8 Å². The van der Waals surface area contributed by atoms with Gasteiger partial charge in [-0.15, -0.1) is 0 Å². The molecule has 10 heteroatoms. The smallest absolute Gasteiger partial charge is 0.259 e. The van der Waals surface area contributed by atoms with E-state index >= 15 is 0 Å².